The highest BCUT2D eigenvalue weighted by atomic mass is 32.2. The number of nitrogens with one attached hydrogen (secondary N) is 1. The van der Waals surface area contributed by atoms with Gasteiger partial charge in [0.15, 0.2) is 0 Å². The Morgan fingerprint density at radius 2 is 1.95 bits per heavy atom. The fraction of sp³-hybridized carbons (Fsp3) is 0.571. The lowest BCUT2D eigenvalue weighted by Crippen LogP contribution is -2.40. The van der Waals surface area contributed by atoms with Crippen molar-refractivity contribution in [2.75, 3.05) is 24.4 Å². The Morgan fingerprint density at radius 3 is 2.53 bits per heavy atom. The fourth-order valence-corrected chi connectivity index (χ4v) is 3.26. The molecular weight excluding hydrogens is 260 g/mol. The lowest BCUT2D eigenvalue weighted by atomic mass is 10.2. The van der Waals surface area contributed by atoms with Crippen molar-refractivity contribution in [1.29, 1.82) is 0 Å². The predicted molar refractivity (Wildman–Crippen MR) is 81.1 cm³/mol. The zero-order valence-electron chi connectivity index (χ0n) is 12.2. The minimum absolute atomic E-state index is 0.441. The Labute approximate surface area is 116 Å². The maximum Gasteiger partial charge on any atom is 0.238 e. The number of hydrogen-bond acceptors (Lipinski definition) is 3. The van der Waals surface area contributed by atoms with E-state index in [0.717, 1.165) is 24.2 Å². The Morgan fingerprint density at radius 1 is 1.32 bits per heavy atom. The van der Waals surface area contributed by atoms with Crippen molar-refractivity contribution < 1.29 is 8.42 Å². The minimum Gasteiger partial charge on any atom is -0.315 e. The van der Waals surface area contributed by atoms with Gasteiger partial charge in [0.2, 0.25) is 10.0 Å². The van der Waals surface area contributed by atoms with Gasteiger partial charge >= 0.3 is 0 Å². The second-order valence-corrected chi connectivity index (χ2v) is 7.20. The van der Waals surface area contributed by atoms with Gasteiger partial charge in [0.05, 0.1) is 10.9 Å². The molecule has 0 aliphatic heterocycles. The van der Waals surface area contributed by atoms with Crippen LogP contribution in [0.25, 0.3) is 0 Å². The van der Waals surface area contributed by atoms with Crippen LogP contribution in [-0.4, -0.2) is 33.8 Å². The number of sulfonamides is 1. The zero-order valence-corrected chi connectivity index (χ0v) is 13.0. The van der Waals surface area contributed by atoms with Crippen molar-refractivity contribution >= 4 is 15.7 Å². The first-order chi connectivity index (χ1) is 8.91. The molecule has 0 aromatic heterocycles. The summed E-state index contributed by atoms with van der Waals surface area (Å²) in [6, 6.07) is 7.51. The van der Waals surface area contributed by atoms with Gasteiger partial charge in [-0.3, -0.25) is 4.31 Å². The van der Waals surface area contributed by atoms with Gasteiger partial charge in [0.25, 0.3) is 0 Å². The highest BCUT2D eigenvalue weighted by Gasteiger charge is 2.26. The van der Waals surface area contributed by atoms with Crippen LogP contribution >= 0.6 is 0 Å². The van der Waals surface area contributed by atoms with E-state index in [1.165, 1.54) is 4.31 Å². The quantitative estimate of drug-likeness (QED) is 0.781. The van der Waals surface area contributed by atoms with Gasteiger partial charge in [0, 0.05) is 13.6 Å². The Kier molecular flexibility index (Phi) is 5.82. The highest BCUT2D eigenvalue weighted by molar-refractivity contribution is 7.93. The normalized spacial score (nSPS) is 13.3. The van der Waals surface area contributed by atoms with Crippen LogP contribution in [0.1, 0.15) is 25.8 Å². The molecule has 1 aromatic carbocycles. The van der Waals surface area contributed by atoms with Crippen LogP contribution in [-0.2, 0) is 10.0 Å². The molecule has 1 atom stereocenters. The molecule has 0 amide bonds. The van der Waals surface area contributed by atoms with Gasteiger partial charge in [-0.05, 0) is 38.4 Å². The van der Waals surface area contributed by atoms with Crippen molar-refractivity contribution in [1.82, 2.24) is 5.32 Å². The molecule has 0 saturated heterocycles. The molecule has 1 unspecified atom stereocenters. The summed E-state index contributed by atoms with van der Waals surface area (Å²) in [6.45, 7) is 7.04. The maximum atomic E-state index is 12.5. The number of anilines is 1. The largest absolute Gasteiger partial charge is 0.315 e. The van der Waals surface area contributed by atoms with E-state index in [9.17, 15) is 8.42 Å². The predicted octanol–water partition coefficient (Wildman–Crippen LogP) is 2.15. The summed E-state index contributed by atoms with van der Waals surface area (Å²) in [7, 11) is -1.71. The van der Waals surface area contributed by atoms with Crippen LogP contribution in [0, 0.1) is 6.92 Å². The fourth-order valence-electron chi connectivity index (χ4n) is 1.91. The topological polar surface area (TPSA) is 49.4 Å². The van der Waals surface area contributed by atoms with Crippen LogP contribution in [0.5, 0.6) is 0 Å². The summed E-state index contributed by atoms with van der Waals surface area (Å²) in [4.78, 5) is 0. The first-order valence-electron chi connectivity index (χ1n) is 6.65. The standard InChI is InChI=1S/C14H24N2O2S/c1-5-10-15-11-13(3)19(17,18)16(4)14-9-7-6-8-12(14)2/h6-9,13,15H,5,10-11H2,1-4H3. The number of hydrogen-bond donors (Lipinski definition) is 1. The molecule has 0 saturated carbocycles. The Bertz CT molecular complexity index is 500. The summed E-state index contributed by atoms with van der Waals surface area (Å²) in [5, 5.41) is 2.71. The van der Waals surface area contributed by atoms with Crippen molar-refractivity contribution in [3.05, 3.63) is 29.8 Å². The van der Waals surface area contributed by atoms with Crippen LogP contribution in [0.3, 0.4) is 0 Å². The molecular formula is C14H24N2O2S. The Hall–Kier alpha value is -1.07. The van der Waals surface area contributed by atoms with E-state index in [4.69, 9.17) is 0 Å². The zero-order chi connectivity index (χ0) is 14.5. The smallest absolute Gasteiger partial charge is 0.238 e. The molecule has 108 valence electrons. The molecule has 4 nitrogen and oxygen atoms in total. The molecule has 1 aromatic rings. The van der Waals surface area contributed by atoms with E-state index in [1.807, 2.05) is 31.2 Å². The Balaban J connectivity index is 2.85. The van der Waals surface area contributed by atoms with E-state index in [1.54, 1.807) is 14.0 Å². The summed E-state index contributed by atoms with van der Waals surface area (Å²) >= 11 is 0. The molecule has 0 aliphatic rings. The first-order valence-corrected chi connectivity index (χ1v) is 8.15. The average Bonchev–Trinajstić information content (AvgIpc) is 2.38. The third-order valence-corrected chi connectivity index (χ3v) is 5.35. The van der Waals surface area contributed by atoms with Crippen molar-refractivity contribution in [2.45, 2.75) is 32.4 Å². The van der Waals surface area contributed by atoms with E-state index in [-0.39, 0.29) is 0 Å². The maximum absolute atomic E-state index is 12.5. The van der Waals surface area contributed by atoms with E-state index >= 15 is 0 Å². The van der Waals surface area contributed by atoms with Crippen molar-refractivity contribution in [2.24, 2.45) is 0 Å². The lowest BCUT2D eigenvalue weighted by molar-refractivity contribution is 0.569. The molecule has 0 heterocycles. The number of para-hydroxylation sites is 1. The molecule has 1 N–H and O–H groups in total. The molecule has 0 fully saturated rings. The second kappa shape index (κ2) is 6.91. The molecule has 5 heteroatoms. The SMILES string of the molecule is CCCNCC(C)S(=O)(=O)N(C)c1ccccc1C. The molecule has 19 heavy (non-hydrogen) atoms. The molecule has 0 spiro atoms. The van der Waals surface area contributed by atoms with Gasteiger partial charge in [-0.15, -0.1) is 0 Å². The van der Waals surface area contributed by atoms with Gasteiger partial charge in [-0.25, -0.2) is 8.42 Å². The van der Waals surface area contributed by atoms with E-state index in [2.05, 4.69) is 12.2 Å². The van der Waals surface area contributed by atoms with E-state index < -0.39 is 15.3 Å². The average molecular weight is 284 g/mol. The van der Waals surface area contributed by atoms with Crippen LogP contribution in [0.2, 0.25) is 0 Å². The first kappa shape index (κ1) is 16.0. The van der Waals surface area contributed by atoms with E-state index in [0.29, 0.717) is 6.54 Å². The lowest BCUT2D eigenvalue weighted by Gasteiger charge is -2.25. The van der Waals surface area contributed by atoms with Crippen LogP contribution in [0.15, 0.2) is 24.3 Å². The van der Waals surface area contributed by atoms with Gasteiger partial charge in [0.1, 0.15) is 0 Å². The highest BCUT2D eigenvalue weighted by Crippen LogP contribution is 2.22. The van der Waals surface area contributed by atoms with Gasteiger partial charge in [-0.1, -0.05) is 25.1 Å². The van der Waals surface area contributed by atoms with Crippen molar-refractivity contribution in [3.8, 4) is 0 Å². The minimum atomic E-state index is -3.32. The van der Waals surface area contributed by atoms with Crippen molar-refractivity contribution in [3.63, 3.8) is 0 Å². The summed E-state index contributed by atoms with van der Waals surface area (Å²) in [5.74, 6) is 0. The number of benzene rings is 1. The summed E-state index contributed by atoms with van der Waals surface area (Å²) in [5.41, 5.74) is 1.70. The summed E-state index contributed by atoms with van der Waals surface area (Å²) < 4.78 is 26.3. The third-order valence-electron chi connectivity index (χ3n) is 3.20. The molecule has 0 bridgehead atoms. The van der Waals surface area contributed by atoms with Crippen LogP contribution < -0.4 is 9.62 Å². The number of rotatable bonds is 7. The second-order valence-electron chi connectivity index (χ2n) is 4.81. The molecule has 0 radical (unpaired) electrons. The third kappa shape index (κ3) is 3.94. The van der Waals surface area contributed by atoms with Gasteiger partial charge < -0.3 is 5.32 Å². The van der Waals surface area contributed by atoms with Gasteiger partial charge in [-0.2, -0.15) is 0 Å². The molecule has 1 rings (SSSR count). The van der Waals surface area contributed by atoms with Crippen LogP contribution in [0.4, 0.5) is 5.69 Å². The number of nitrogens with zero attached hydrogens (tertiary/aromatic N) is 1. The monoisotopic (exact) mass is 284 g/mol. The number of aryl methyl sites for hydroxylation is 1. The summed E-state index contributed by atoms with van der Waals surface area (Å²) in [6.07, 6.45) is 1.00. The molecule has 0 aliphatic carbocycles.